The number of rotatable bonds is 5. The number of carbonyl (C=O) groups is 1. The van der Waals surface area contributed by atoms with Gasteiger partial charge in [0.05, 0.1) is 11.2 Å². The summed E-state index contributed by atoms with van der Waals surface area (Å²) in [6, 6.07) is 7.73. The second-order valence-electron chi connectivity index (χ2n) is 4.32. The minimum atomic E-state index is -0.805. The number of anilines is 1. The fraction of sp³-hybridized carbons (Fsp3) is 0.462. The van der Waals surface area contributed by atoms with Gasteiger partial charge in [-0.05, 0) is 31.7 Å². The fourth-order valence-corrected chi connectivity index (χ4v) is 2.20. The van der Waals surface area contributed by atoms with E-state index in [0.717, 1.165) is 17.0 Å². The summed E-state index contributed by atoms with van der Waals surface area (Å²) in [4.78, 5) is 13.1. The third-order valence-corrected chi connectivity index (χ3v) is 3.44. The Bertz CT molecular complexity index is 391. The molecule has 4 heteroatoms. The zero-order valence-corrected chi connectivity index (χ0v) is 11.4. The SMILES string of the molecule is CCCC(C)(N)C(=O)Nc1ccccc1SC. The van der Waals surface area contributed by atoms with Crippen LogP contribution >= 0.6 is 11.8 Å². The summed E-state index contributed by atoms with van der Waals surface area (Å²) in [5.41, 5.74) is 6.02. The standard InChI is InChI=1S/C13H20N2OS/c1-4-9-13(2,14)12(16)15-10-7-5-6-8-11(10)17-3/h5-8H,4,9,14H2,1-3H3,(H,15,16). The molecule has 1 amide bonds. The highest BCUT2D eigenvalue weighted by Gasteiger charge is 2.27. The first-order chi connectivity index (χ1) is 8.01. The molecule has 94 valence electrons. The lowest BCUT2D eigenvalue weighted by atomic mass is 9.96. The third kappa shape index (κ3) is 3.75. The van der Waals surface area contributed by atoms with Crippen LogP contribution in [-0.2, 0) is 4.79 Å². The molecule has 0 aromatic heterocycles. The van der Waals surface area contributed by atoms with E-state index in [1.54, 1.807) is 18.7 Å². The minimum absolute atomic E-state index is 0.124. The Labute approximate surface area is 107 Å². The van der Waals surface area contributed by atoms with Crippen LogP contribution in [0, 0.1) is 0 Å². The molecule has 0 spiro atoms. The highest BCUT2D eigenvalue weighted by atomic mass is 32.2. The number of nitrogens with one attached hydrogen (secondary N) is 1. The van der Waals surface area contributed by atoms with Gasteiger partial charge in [-0.25, -0.2) is 0 Å². The summed E-state index contributed by atoms with van der Waals surface area (Å²) in [6.07, 6.45) is 3.56. The van der Waals surface area contributed by atoms with Crippen molar-refractivity contribution in [3.05, 3.63) is 24.3 Å². The van der Waals surface area contributed by atoms with E-state index >= 15 is 0 Å². The second kappa shape index (κ2) is 6.07. The smallest absolute Gasteiger partial charge is 0.244 e. The highest BCUT2D eigenvalue weighted by molar-refractivity contribution is 7.98. The Kier molecular flexibility index (Phi) is 5.02. The molecule has 0 saturated heterocycles. The number of nitrogens with two attached hydrogens (primary N) is 1. The van der Waals surface area contributed by atoms with Gasteiger partial charge in [-0.2, -0.15) is 0 Å². The molecular formula is C13H20N2OS. The quantitative estimate of drug-likeness (QED) is 0.792. The molecule has 17 heavy (non-hydrogen) atoms. The zero-order chi connectivity index (χ0) is 12.9. The van der Waals surface area contributed by atoms with Crippen molar-refractivity contribution in [3.63, 3.8) is 0 Å². The van der Waals surface area contributed by atoms with Gasteiger partial charge >= 0.3 is 0 Å². The second-order valence-corrected chi connectivity index (χ2v) is 5.17. The van der Waals surface area contributed by atoms with Crippen LogP contribution < -0.4 is 11.1 Å². The van der Waals surface area contributed by atoms with Gasteiger partial charge in [-0.1, -0.05) is 25.5 Å². The predicted molar refractivity (Wildman–Crippen MR) is 74.4 cm³/mol. The Morgan fingerprint density at radius 2 is 2.12 bits per heavy atom. The molecule has 0 bridgehead atoms. The molecule has 0 aliphatic heterocycles. The van der Waals surface area contributed by atoms with Crippen molar-refractivity contribution in [2.45, 2.75) is 37.1 Å². The average Bonchev–Trinajstić information content (AvgIpc) is 2.29. The molecule has 1 aromatic carbocycles. The number of hydrogen-bond acceptors (Lipinski definition) is 3. The number of para-hydroxylation sites is 1. The van der Waals surface area contributed by atoms with Gasteiger partial charge in [-0.3, -0.25) is 4.79 Å². The first-order valence-corrected chi connectivity index (χ1v) is 6.97. The van der Waals surface area contributed by atoms with Crippen molar-refractivity contribution in [2.24, 2.45) is 5.73 Å². The van der Waals surface area contributed by atoms with Crippen LogP contribution in [0.15, 0.2) is 29.2 Å². The molecule has 0 radical (unpaired) electrons. The fourth-order valence-electron chi connectivity index (χ4n) is 1.65. The monoisotopic (exact) mass is 252 g/mol. The number of benzene rings is 1. The lowest BCUT2D eigenvalue weighted by Gasteiger charge is -2.23. The van der Waals surface area contributed by atoms with Crippen molar-refractivity contribution in [1.29, 1.82) is 0 Å². The molecule has 0 saturated carbocycles. The molecule has 0 fully saturated rings. The van der Waals surface area contributed by atoms with Crippen LogP contribution in [0.5, 0.6) is 0 Å². The maximum absolute atomic E-state index is 12.0. The van der Waals surface area contributed by atoms with E-state index in [4.69, 9.17) is 5.73 Å². The molecule has 1 rings (SSSR count). The van der Waals surface area contributed by atoms with Crippen LogP contribution in [0.25, 0.3) is 0 Å². The number of hydrogen-bond donors (Lipinski definition) is 2. The largest absolute Gasteiger partial charge is 0.323 e. The van der Waals surface area contributed by atoms with Gasteiger partial charge in [-0.15, -0.1) is 11.8 Å². The van der Waals surface area contributed by atoms with Gasteiger partial charge in [0.1, 0.15) is 0 Å². The molecule has 0 aliphatic rings. The molecule has 1 unspecified atom stereocenters. The summed E-state index contributed by atoms with van der Waals surface area (Å²) in [5, 5.41) is 2.90. The maximum Gasteiger partial charge on any atom is 0.244 e. The molecule has 1 aromatic rings. The van der Waals surface area contributed by atoms with E-state index in [2.05, 4.69) is 5.32 Å². The summed E-state index contributed by atoms with van der Waals surface area (Å²) in [7, 11) is 0. The highest BCUT2D eigenvalue weighted by Crippen LogP contribution is 2.25. The first kappa shape index (κ1) is 14.1. The van der Waals surface area contributed by atoms with E-state index in [9.17, 15) is 4.79 Å². The first-order valence-electron chi connectivity index (χ1n) is 5.74. The molecular weight excluding hydrogens is 232 g/mol. The Balaban J connectivity index is 2.80. The Hall–Kier alpha value is -1.00. The molecule has 3 nitrogen and oxygen atoms in total. The van der Waals surface area contributed by atoms with Crippen LogP contribution in [0.4, 0.5) is 5.69 Å². The summed E-state index contributed by atoms with van der Waals surface area (Å²) < 4.78 is 0. The van der Waals surface area contributed by atoms with Gasteiger partial charge in [0, 0.05) is 4.90 Å². The minimum Gasteiger partial charge on any atom is -0.323 e. The van der Waals surface area contributed by atoms with Gasteiger partial charge < -0.3 is 11.1 Å². The average molecular weight is 252 g/mol. The van der Waals surface area contributed by atoms with E-state index in [1.165, 1.54) is 0 Å². The molecule has 0 heterocycles. The Morgan fingerprint density at radius 1 is 1.47 bits per heavy atom. The maximum atomic E-state index is 12.0. The van der Waals surface area contributed by atoms with E-state index in [0.29, 0.717) is 6.42 Å². The normalized spacial score (nSPS) is 14.1. The molecule has 0 aliphatic carbocycles. The topological polar surface area (TPSA) is 55.1 Å². The lowest BCUT2D eigenvalue weighted by molar-refractivity contribution is -0.120. The summed E-state index contributed by atoms with van der Waals surface area (Å²) >= 11 is 1.61. The van der Waals surface area contributed by atoms with E-state index in [-0.39, 0.29) is 5.91 Å². The van der Waals surface area contributed by atoms with Crippen LogP contribution in [0.2, 0.25) is 0 Å². The lowest BCUT2D eigenvalue weighted by Crippen LogP contribution is -2.48. The van der Waals surface area contributed by atoms with Gasteiger partial charge in [0.15, 0.2) is 0 Å². The van der Waals surface area contributed by atoms with Crippen molar-refractivity contribution >= 4 is 23.4 Å². The van der Waals surface area contributed by atoms with Crippen molar-refractivity contribution in [3.8, 4) is 0 Å². The number of carbonyl (C=O) groups excluding carboxylic acids is 1. The van der Waals surface area contributed by atoms with Crippen molar-refractivity contribution in [2.75, 3.05) is 11.6 Å². The van der Waals surface area contributed by atoms with Crippen molar-refractivity contribution < 1.29 is 4.79 Å². The molecule has 3 N–H and O–H groups in total. The summed E-state index contributed by atoms with van der Waals surface area (Å²) in [5.74, 6) is -0.124. The van der Waals surface area contributed by atoms with Gasteiger partial charge in [0.2, 0.25) is 5.91 Å². The van der Waals surface area contributed by atoms with Crippen LogP contribution in [-0.4, -0.2) is 17.7 Å². The number of amides is 1. The predicted octanol–water partition coefficient (Wildman–Crippen LogP) is 2.86. The molecule has 1 atom stereocenters. The Morgan fingerprint density at radius 3 is 2.71 bits per heavy atom. The van der Waals surface area contributed by atoms with E-state index < -0.39 is 5.54 Å². The van der Waals surface area contributed by atoms with Crippen molar-refractivity contribution in [1.82, 2.24) is 0 Å². The number of thioether (sulfide) groups is 1. The van der Waals surface area contributed by atoms with Crippen LogP contribution in [0.1, 0.15) is 26.7 Å². The van der Waals surface area contributed by atoms with E-state index in [1.807, 2.05) is 37.4 Å². The third-order valence-electron chi connectivity index (χ3n) is 2.64. The van der Waals surface area contributed by atoms with Crippen LogP contribution in [0.3, 0.4) is 0 Å². The summed E-state index contributed by atoms with van der Waals surface area (Å²) in [6.45, 7) is 3.79. The van der Waals surface area contributed by atoms with Gasteiger partial charge in [0.25, 0.3) is 0 Å². The zero-order valence-electron chi connectivity index (χ0n) is 10.6.